The fourth-order valence-corrected chi connectivity index (χ4v) is 2.28. The lowest BCUT2D eigenvalue weighted by molar-refractivity contribution is -0.0495. The summed E-state index contributed by atoms with van der Waals surface area (Å²) in [6.45, 7) is -3.09. The van der Waals surface area contributed by atoms with Crippen molar-refractivity contribution in [1.82, 2.24) is 0 Å². The van der Waals surface area contributed by atoms with Gasteiger partial charge >= 0.3 is 6.61 Å². The van der Waals surface area contributed by atoms with E-state index in [4.69, 9.17) is 34.8 Å². The molecule has 1 nitrogen and oxygen atoms in total. The summed E-state index contributed by atoms with van der Waals surface area (Å²) >= 11 is 17.7. The SMILES string of the molecule is Fc1ccc(-c2ccc(Cl)c(Cl)c2Cl)c(OC(F)F)c1. The monoisotopic (exact) mass is 340 g/mol. The Labute approximate surface area is 127 Å². The Morgan fingerprint density at radius 3 is 2.20 bits per heavy atom. The maximum Gasteiger partial charge on any atom is 0.387 e. The first-order valence-electron chi connectivity index (χ1n) is 5.28. The Hall–Kier alpha value is -1.10. The molecular weight excluding hydrogens is 335 g/mol. The van der Waals surface area contributed by atoms with E-state index in [1.807, 2.05) is 0 Å². The molecule has 0 saturated carbocycles. The molecule has 7 heteroatoms. The van der Waals surface area contributed by atoms with Gasteiger partial charge in [0.05, 0.1) is 15.1 Å². The average molecular weight is 342 g/mol. The summed E-state index contributed by atoms with van der Waals surface area (Å²) in [6, 6.07) is 6.17. The van der Waals surface area contributed by atoms with Crippen molar-refractivity contribution < 1.29 is 17.9 Å². The topological polar surface area (TPSA) is 9.23 Å². The van der Waals surface area contributed by atoms with Gasteiger partial charge in [-0.25, -0.2) is 4.39 Å². The van der Waals surface area contributed by atoms with E-state index in [0.29, 0.717) is 5.56 Å². The van der Waals surface area contributed by atoms with Crippen LogP contribution in [-0.4, -0.2) is 6.61 Å². The molecule has 20 heavy (non-hydrogen) atoms. The number of halogens is 6. The van der Waals surface area contributed by atoms with Gasteiger partial charge in [0.15, 0.2) is 0 Å². The Balaban J connectivity index is 2.60. The Morgan fingerprint density at radius 1 is 0.900 bits per heavy atom. The number of benzene rings is 2. The van der Waals surface area contributed by atoms with Crippen molar-refractivity contribution in [3.63, 3.8) is 0 Å². The molecule has 0 heterocycles. The van der Waals surface area contributed by atoms with Gasteiger partial charge in [0.25, 0.3) is 0 Å². The normalized spacial score (nSPS) is 10.9. The van der Waals surface area contributed by atoms with Gasteiger partial charge in [0, 0.05) is 17.2 Å². The highest BCUT2D eigenvalue weighted by Crippen LogP contribution is 2.41. The Bertz CT molecular complexity index is 647. The van der Waals surface area contributed by atoms with Gasteiger partial charge in [0.2, 0.25) is 0 Å². The van der Waals surface area contributed by atoms with Crippen LogP contribution in [0.3, 0.4) is 0 Å². The first kappa shape index (κ1) is 15.3. The van der Waals surface area contributed by atoms with E-state index in [9.17, 15) is 13.2 Å². The quantitative estimate of drug-likeness (QED) is 0.617. The molecule has 0 spiro atoms. The summed E-state index contributed by atoms with van der Waals surface area (Å²) < 4.78 is 42.2. The van der Waals surface area contributed by atoms with Crippen LogP contribution in [0.15, 0.2) is 30.3 Å². The van der Waals surface area contributed by atoms with Crippen LogP contribution in [0.2, 0.25) is 15.1 Å². The second-order valence-corrected chi connectivity index (χ2v) is 4.91. The molecule has 106 valence electrons. The predicted molar refractivity (Wildman–Crippen MR) is 73.5 cm³/mol. The van der Waals surface area contributed by atoms with Gasteiger partial charge in [0.1, 0.15) is 11.6 Å². The third kappa shape index (κ3) is 3.14. The molecule has 0 radical (unpaired) electrons. The molecule has 0 unspecified atom stereocenters. The summed E-state index contributed by atoms with van der Waals surface area (Å²) in [5.41, 5.74) is 0.506. The van der Waals surface area contributed by atoms with E-state index < -0.39 is 12.4 Å². The molecule has 2 aromatic rings. The number of ether oxygens (including phenoxy) is 1. The number of alkyl halides is 2. The minimum atomic E-state index is -3.09. The molecule has 2 aromatic carbocycles. The van der Waals surface area contributed by atoms with Crippen molar-refractivity contribution in [2.45, 2.75) is 6.61 Å². The van der Waals surface area contributed by atoms with E-state index in [1.165, 1.54) is 18.2 Å². The summed E-state index contributed by atoms with van der Waals surface area (Å²) in [6.07, 6.45) is 0. The molecule has 0 aliphatic carbocycles. The van der Waals surface area contributed by atoms with Crippen LogP contribution >= 0.6 is 34.8 Å². The van der Waals surface area contributed by atoms with E-state index in [1.54, 1.807) is 0 Å². The lowest BCUT2D eigenvalue weighted by Gasteiger charge is -2.13. The standard InChI is InChI=1S/C13H6Cl3F3O/c14-9-4-3-8(11(15)12(9)16)7-2-1-6(17)5-10(7)20-13(18)19/h1-5,13H. The largest absolute Gasteiger partial charge is 0.434 e. The van der Waals surface area contributed by atoms with Crippen molar-refractivity contribution in [2.75, 3.05) is 0 Å². The minimum absolute atomic E-state index is 0.0740. The second kappa shape index (κ2) is 6.12. The van der Waals surface area contributed by atoms with Crippen LogP contribution in [0.4, 0.5) is 13.2 Å². The van der Waals surface area contributed by atoms with Gasteiger partial charge in [-0.05, 0) is 18.2 Å². The molecular formula is C13H6Cl3F3O. The summed E-state index contributed by atoms with van der Waals surface area (Å²) in [4.78, 5) is 0. The highest BCUT2D eigenvalue weighted by molar-refractivity contribution is 6.49. The molecule has 0 aromatic heterocycles. The first-order valence-corrected chi connectivity index (χ1v) is 6.41. The number of hydrogen-bond donors (Lipinski definition) is 0. The first-order chi connectivity index (χ1) is 9.40. The highest BCUT2D eigenvalue weighted by atomic mass is 35.5. The highest BCUT2D eigenvalue weighted by Gasteiger charge is 2.17. The van der Waals surface area contributed by atoms with E-state index in [-0.39, 0.29) is 26.4 Å². The van der Waals surface area contributed by atoms with Crippen LogP contribution in [0.1, 0.15) is 0 Å². The summed E-state index contributed by atoms with van der Waals surface area (Å²) in [5, 5.41) is 0.377. The third-order valence-corrected chi connectivity index (χ3v) is 3.78. The fourth-order valence-electron chi connectivity index (χ4n) is 1.65. The molecule has 0 aliphatic heterocycles. The zero-order chi connectivity index (χ0) is 14.9. The minimum Gasteiger partial charge on any atom is -0.434 e. The maximum absolute atomic E-state index is 13.2. The van der Waals surface area contributed by atoms with E-state index in [2.05, 4.69) is 4.74 Å². The molecule has 0 N–H and O–H groups in total. The van der Waals surface area contributed by atoms with Gasteiger partial charge in [-0.2, -0.15) is 8.78 Å². The van der Waals surface area contributed by atoms with Crippen molar-refractivity contribution in [1.29, 1.82) is 0 Å². The Kier molecular flexibility index (Phi) is 4.68. The van der Waals surface area contributed by atoms with Crippen molar-refractivity contribution in [3.05, 3.63) is 51.2 Å². The maximum atomic E-state index is 13.2. The number of hydrogen-bond acceptors (Lipinski definition) is 1. The average Bonchev–Trinajstić information content (AvgIpc) is 2.37. The lowest BCUT2D eigenvalue weighted by atomic mass is 10.0. The molecule has 0 saturated heterocycles. The van der Waals surface area contributed by atoms with Crippen LogP contribution in [0.5, 0.6) is 5.75 Å². The Morgan fingerprint density at radius 2 is 1.55 bits per heavy atom. The van der Waals surface area contributed by atoms with Crippen LogP contribution in [0, 0.1) is 5.82 Å². The van der Waals surface area contributed by atoms with Gasteiger partial charge in [-0.15, -0.1) is 0 Å². The molecule has 2 rings (SSSR count). The lowest BCUT2D eigenvalue weighted by Crippen LogP contribution is -2.03. The van der Waals surface area contributed by atoms with Crippen molar-refractivity contribution >= 4 is 34.8 Å². The molecule has 0 fully saturated rings. The fraction of sp³-hybridized carbons (Fsp3) is 0.0769. The van der Waals surface area contributed by atoms with Crippen LogP contribution < -0.4 is 4.74 Å². The van der Waals surface area contributed by atoms with Gasteiger partial charge < -0.3 is 4.74 Å². The van der Waals surface area contributed by atoms with Crippen LogP contribution in [0.25, 0.3) is 11.1 Å². The molecule has 0 amide bonds. The van der Waals surface area contributed by atoms with Crippen molar-refractivity contribution in [2.24, 2.45) is 0 Å². The predicted octanol–water partition coefficient (Wildman–Crippen LogP) is 6.05. The molecule has 0 atom stereocenters. The number of rotatable bonds is 3. The zero-order valence-electron chi connectivity index (χ0n) is 9.64. The zero-order valence-corrected chi connectivity index (χ0v) is 11.9. The van der Waals surface area contributed by atoms with Crippen molar-refractivity contribution in [3.8, 4) is 16.9 Å². The summed E-state index contributed by atoms with van der Waals surface area (Å²) in [7, 11) is 0. The summed E-state index contributed by atoms with van der Waals surface area (Å²) in [5.74, 6) is -1.04. The molecule has 0 bridgehead atoms. The van der Waals surface area contributed by atoms with Gasteiger partial charge in [-0.1, -0.05) is 40.9 Å². The van der Waals surface area contributed by atoms with Gasteiger partial charge in [-0.3, -0.25) is 0 Å². The van der Waals surface area contributed by atoms with E-state index >= 15 is 0 Å². The van der Waals surface area contributed by atoms with E-state index in [0.717, 1.165) is 12.1 Å². The molecule has 0 aliphatic rings. The smallest absolute Gasteiger partial charge is 0.387 e. The van der Waals surface area contributed by atoms with Crippen LogP contribution in [-0.2, 0) is 0 Å². The second-order valence-electron chi connectivity index (χ2n) is 3.74. The third-order valence-electron chi connectivity index (χ3n) is 2.49.